The number of halogens is 1. The van der Waals surface area contributed by atoms with Crippen molar-refractivity contribution in [1.29, 1.82) is 0 Å². The summed E-state index contributed by atoms with van der Waals surface area (Å²) in [4.78, 5) is 32.0. The fourth-order valence-electron chi connectivity index (χ4n) is 2.02. The quantitative estimate of drug-likeness (QED) is 0.482. The highest BCUT2D eigenvalue weighted by Gasteiger charge is 2.23. The number of carbonyl (C=O) groups is 2. The van der Waals surface area contributed by atoms with E-state index in [9.17, 15) is 14.7 Å². The lowest BCUT2D eigenvalue weighted by molar-refractivity contribution is -0.139. The number of hydrogen-bond acceptors (Lipinski definition) is 6. The first-order valence-corrected chi connectivity index (χ1v) is 10.5. The van der Waals surface area contributed by atoms with Gasteiger partial charge in [0.25, 0.3) is 5.91 Å². The first-order chi connectivity index (χ1) is 12.5. The van der Waals surface area contributed by atoms with Gasteiger partial charge in [0.2, 0.25) is 0 Å². The fourth-order valence-corrected chi connectivity index (χ4v) is 3.44. The van der Waals surface area contributed by atoms with Crippen molar-refractivity contribution in [2.24, 2.45) is 0 Å². The first-order valence-electron chi connectivity index (χ1n) is 7.73. The molecule has 2 aromatic rings. The summed E-state index contributed by atoms with van der Waals surface area (Å²) in [6.07, 6.45) is 3.55. The molecule has 138 valence electrons. The van der Waals surface area contributed by atoms with Crippen molar-refractivity contribution in [2.75, 3.05) is 12.0 Å². The summed E-state index contributed by atoms with van der Waals surface area (Å²) in [5.41, 5.74) is 1.08. The van der Waals surface area contributed by atoms with Crippen LogP contribution < -0.4 is 5.32 Å². The molecule has 0 aliphatic heterocycles. The summed E-state index contributed by atoms with van der Waals surface area (Å²) >= 11 is 8.91. The summed E-state index contributed by atoms with van der Waals surface area (Å²) in [5.74, 6) is -0.439. The van der Waals surface area contributed by atoms with Gasteiger partial charge < -0.3 is 10.4 Å². The van der Waals surface area contributed by atoms with Crippen LogP contribution in [0.1, 0.15) is 22.5 Å². The second-order valence-electron chi connectivity index (χ2n) is 5.27. The van der Waals surface area contributed by atoms with E-state index in [1.54, 1.807) is 0 Å². The number of aliphatic carboxylic acids is 1. The molecule has 0 aliphatic carbocycles. The van der Waals surface area contributed by atoms with Gasteiger partial charge in [-0.3, -0.25) is 4.79 Å². The number of aromatic nitrogens is 2. The average Bonchev–Trinajstić information content (AvgIpc) is 2.64. The van der Waals surface area contributed by atoms with E-state index in [-0.39, 0.29) is 10.7 Å². The number of thioether (sulfide) groups is 2. The number of amides is 1. The van der Waals surface area contributed by atoms with Crippen LogP contribution in [0, 0.1) is 0 Å². The number of nitrogens with one attached hydrogen (secondary N) is 1. The van der Waals surface area contributed by atoms with Gasteiger partial charge in [0, 0.05) is 5.75 Å². The third-order valence-corrected chi connectivity index (χ3v) is 5.22. The highest BCUT2D eigenvalue weighted by atomic mass is 35.5. The minimum absolute atomic E-state index is 0.0207. The molecule has 6 nitrogen and oxygen atoms in total. The topological polar surface area (TPSA) is 92.2 Å². The Labute approximate surface area is 165 Å². The standard InChI is InChI=1S/C17H18ClN3O3S2/c1-25-8-7-13(16(23)24)20-15(22)14-12(18)9-19-17(21-14)26-10-11-5-3-2-4-6-11/h2-6,9,13H,7-8,10H2,1H3,(H,20,22)(H,23,24). The highest BCUT2D eigenvalue weighted by molar-refractivity contribution is 7.98. The lowest BCUT2D eigenvalue weighted by Gasteiger charge is -2.14. The van der Waals surface area contributed by atoms with Crippen LogP contribution in [0.5, 0.6) is 0 Å². The van der Waals surface area contributed by atoms with Gasteiger partial charge in [-0.1, -0.05) is 53.7 Å². The Morgan fingerprint density at radius 2 is 2.04 bits per heavy atom. The molecule has 0 radical (unpaired) electrons. The highest BCUT2D eigenvalue weighted by Crippen LogP contribution is 2.22. The van der Waals surface area contributed by atoms with E-state index in [2.05, 4.69) is 15.3 Å². The number of nitrogens with zero attached hydrogens (tertiary/aromatic N) is 2. The maximum absolute atomic E-state index is 12.4. The Hall–Kier alpha value is -1.77. The molecule has 0 spiro atoms. The third-order valence-electron chi connectivity index (χ3n) is 3.36. The van der Waals surface area contributed by atoms with Crippen molar-refractivity contribution in [1.82, 2.24) is 15.3 Å². The number of carboxylic acid groups (broad SMARTS) is 1. The van der Waals surface area contributed by atoms with Crippen LogP contribution in [0.25, 0.3) is 0 Å². The van der Waals surface area contributed by atoms with E-state index < -0.39 is 17.9 Å². The van der Waals surface area contributed by atoms with Gasteiger partial charge >= 0.3 is 5.97 Å². The van der Waals surface area contributed by atoms with Gasteiger partial charge in [0.05, 0.1) is 11.2 Å². The molecule has 26 heavy (non-hydrogen) atoms. The molecule has 0 saturated heterocycles. The predicted molar refractivity (Wildman–Crippen MR) is 105 cm³/mol. The normalized spacial score (nSPS) is 11.8. The maximum Gasteiger partial charge on any atom is 0.326 e. The summed E-state index contributed by atoms with van der Waals surface area (Å²) in [6, 6.07) is 8.81. The molecule has 1 unspecified atom stereocenters. The molecule has 1 aromatic carbocycles. The van der Waals surface area contributed by atoms with Gasteiger partial charge in [-0.25, -0.2) is 14.8 Å². The van der Waals surface area contributed by atoms with E-state index in [1.807, 2.05) is 36.6 Å². The molecular formula is C17H18ClN3O3S2. The van der Waals surface area contributed by atoms with Crippen molar-refractivity contribution >= 4 is 47.0 Å². The summed E-state index contributed by atoms with van der Waals surface area (Å²) in [5, 5.41) is 12.2. The smallest absolute Gasteiger partial charge is 0.326 e. The van der Waals surface area contributed by atoms with Crippen LogP contribution in [0.3, 0.4) is 0 Å². The van der Waals surface area contributed by atoms with Gasteiger partial charge in [-0.2, -0.15) is 11.8 Å². The van der Waals surface area contributed by atoms with Crippen molar-refractivity contribution in [3.05, 3.63) is 52.8 Å². The van der Waals surface area contributed by atoms with Crippen LogP contribution in [0.15, 0.2) is 41.7 Å². The minimum atomic E-state index is -1.09. The molecule has 2 N–H and O–H groups in total. The summed E-state index contributed by atoms with van der Waals surface area (Å²) < 4.78 is 0. The van der Waals surface area contributed by atoms with Crippen molar-refractivity contribution in [3.8, 4) is 0 Å². The molecule has 2 rings (SSSR count). The zero-order chi connectivity index (χ0) is 18.9. The second-order valence-corrected chi connectivity index (χ2v) is 7.60. The molecule has 9 heteroatoms. The molecule has 0 fully saturated rings. The maximum atomic E-state index is 12.4. The summed E-state index contributed by atoms with van der Waals surface area (Å²) in [7, 11) is 0. The average molecular weight is 412 g/mol. The van der Waals surface area contributed by atoms with Crippen LogP contribution in [0.2, 0.25) is 5.02 Å². The molecule has 1 amide bonds. The lowest BCUT2D eigenvalue weighted by Crippen LogP contribution is -2.41. The second kappa shape index (κ2) is 10.4. The molecule has 1 aromatic heterocycles. The number of hydrogen-bond donors (Lipinski definition) is 2. The zero-order valence-corrected chi connectivity index (χ0v) is 16.4. The molecule has 1 atom stereocenters. The minimum Gasteiger partial charge on any atom is -0.480 e. The summed E-state index contributed by atoms with van der Waals surface area (Å²) in [6.45, 7) is 0. The van der Waals surface area contributed by atoms with Crippen LogP contribution in [0.4, 0.5) is 0 Å². The van der Waals surface area contributed by atoms with Gasteiger partial charge in [0.15, 0.2) is 10.9 Å². The third kappa shape index (κ3) is 6.19. The van der Waals surface area contributed by atoms with E-state index in [4.69, 9.17) is 11.6 Å². The molecular weight excluding hydrogens is 394 g/mol. The van der Waals surface area contributed by atoms with E-state index in [1.165, 1.54) is 29.7 Å². The van der Waals surface area contributed by atoms with Crippen molar-refractivity contribution in [2.45, 2.75) is 23.4 Å². The van der Waals surface area contributed by atoms with Gasteiger partial charge in [0.1, 0.15) is 6.04 Å². The Morgan fingerprint density at radius 3 is 2.69 bits per heavy atom. The number of rotatable bonds is 9. The van der Waals surface area contributed by atoms with Gasteiger partial charge in [-0.15, -0.1) is 0 Å². The monoisotopic (exact) mass is 411 g/mol. The Balaban J connectivity index is 2.07. The van der Waals surface area contributed by atoms with Crippen molar-refractivity contribution < 1.29 is 14.7 Å². The van der Waals surface area contributed by atoms with E-state index >= 15 is 0 Å². The molecule has 0 aliphatic rings. The predicted octanol–water partition coefficient (Wildman–Crippen LogP) is 3.36. The largest absolute Gasteiger partial charge is 0.480 e. The fraction of sp³-hybridized carbons (Fsp3) is 0.294. The SMILES string of the molecule is CSCCC(NC(=O)c1nc(SCc2ccccc2)ncc1Cl)C(=O)O. The van der Waals surface area contributed by atoms with Crippen LogP contribution in [-0.2, 0) is 10.5 Å². The van der Waals surface area contributed by atoms with E-state index in [0.29, 0.717) is 23.1 Å². The van der Waals surface area contributed by atoms with Crippen LogP contribution in [-0.4, -0.2) is 45.0 Å². The first kappa shape index (κ1) is 20.5. The molecule has 0 saturated carbocycles. The van der Waals surface area contributed by atoms with Crippen molar-refractivity contribution in [3.63, 3.8) is 0 Å². The Bertz CT molecular complexity index is 762. The van der Waals surface area contributed by atoms with Gasteiger partial charge in [-0.05, 0) is 24.0 Å². The molecule has 0 bridgehead atoms. The Morgan fingerprint density at radius 1 is 1.31 bits per heavy atom. The molecule has 1 heterocycles. The Kier molecular flexibility index (Phi) is 8.21. The zero-order valence-electron chi connectivity index (χ0n) is 14.0. The number of carbonyl (C=O) groups excluding carboxylic acids is 1. The van der Waals surface area contributed by atoms with Crippen LogP contribution >= 0.6 is 35.1 Å². The number of carboxylic acids is 1. The number of benzene rings is 1. The lowest BCUT2D eigenvalue weighted by atomic mass is 10.2. The van der Waals surface area contributed by atoms with E-state index in [0.717, 1.165) is 5.56 Å².